The van der Waals surface area contributed by atoms with Gasteiger partial charge >= 0.3 is 0 Å². The molecule has 2 aromatic rings. The van der Waals surface area contributed by atoms with Crippen LogP contribution in [0.15, 0.2) is 29.6 Å². The Hall–Kier alpha value is -0.950. The second-order valence-electron chi connectivity index (χ2n) is 4.31. The first-order valence-corrected chi connectivity index (χ1v) is 7.70. The lowest BCUT2D eigenvalue weighted by Gasteiger charge is -2.01. The van der Waals surface area contributed by atoms with E-state index < -0.39 is 0 Å². The van der Waals surface area contributed by atoms with Gasteiger partial charge in [0.1, 0.15) is 0 Å². The minimum atomic E-state index is -0.0944. The number of nitrogens with zero attached hydrogens (tertiary/aromatic N) is 1. The fourth-order valence-corrected chi connectivity index (χ4v) is 2.83. The summed E-state index contributed by atoms with van der Waals surface area (Å²) in [5, 5.41) is 5.58. The fraction of sp³-hybridized carbons (Fsp3) is 0.231. The lowest BCUT2D eigenvalue weighted by molar-refractivity contribution is 0.102. The number of hydrogen-bond donors (Lipinski definition) is 1. The van der Waals surface area contributed by atoms with Crippen molar-refractivity contribution in [1.29, 1.82) is 0 Å². The molecule has 0 atom stereocenters. The highest BCUT2D eigenvalue weighted by Gasteiger charge is 2.26. The number of aromatic nitrogens is 1. The van der Waals surface area contributed by atoms with Gasteiger partial charge in [0.2, 0.25) is 0 Å². The van der Waals surface area contributed by atoms with Crippen LogP contribution in [0.4, 0.5) is 5.13 Å². The highest BCUT2D eigenvalue weighted by atomic mass is 127. The van der Waals surface area contributed by atoms with Crippen molar-refractivity contribution >= 4 is 45.0 Å². The SMILES string of the molecule is O=C(Nc1nc(C2CC2)cs1)c1ccc(I)cc1. The predicted octanol–water partition coefficient (Wildman–Crippen LogP) is 3.88. The van der Waals surface area contributed by atoms with Crippen molar-refractivity contribution < 1.29 is 4.79 Å². The molecule has 18 heavy (non-hydrogen) atoms. The highest BCUT2D eigenvalue weighted by molar-refractivity contribution is 14.1. The van der Waals surface area contributed by atoms with Gasteiger partial charge in [-0.25, -0.2) is 4.98 Å². The Balaban J connectivity index is 1.70. The van der Waals surface area contributed by atoms with E-state index in [-0.39, 0.29) is 5.91 Å². The second-order valence-corrected chi connectivity index (χ2v) is 6.42. The van der Waals surface area contributed by atoms with Crippen molar-refractivity contribution in [3.63, 3.8) is 0 Å². The summed E-state index contributed by atoms with van der Waals surface area (Å²) in [7, 11) is 0. The van der Waals surface area contributed by atoms with Gasteiger partial charge in [0.15, 0.2) is 5.13 Å². The Morgan fingerprint density at radius 1 is 1.33 bits per heavy atom. The molecular weight excluding hydrogens is 359 g/mol. The van der Waals surface area contributed by atoms with Crippen LogP contribution in [0.3, 0.4) is 0 Å². The van der Waals surface area contributed by atoms with E-state index in [0.29, 0.717) is 16.6 Å². The molecule has 1 aliphatic carbocycles. The summed E-state index contributed by atoms with van der Waals surface area (Å²) in [5.74, 6) is 0.535. The highest BCUT2D eigenvalue weighted by Crippen LogP contribution is 2.40. The van der Waals surface area contributed by atoms with Gasteiger partial charge in [-0.3, -0.25) is 10.1 Å². The van der Waals surface area contributed by atoms with Gasteiger partial charge in [0.25, 0.3) is 5.91 Å². The maximum Gasteiger partial charge on any atom is 0.257 e. The number of hydrogen-bond acceptors (Lipinski definition) is 3. The summed E-state index contributed by atoms with van der Waals surface area (Å²) in [6.45, 7) is 0. The average Bonchev–Trinajstić information content (AvgIpc) is 3.11. The molecule has 3 nitrogen and oxygen atoms in total. The number of benzene rings is 1. The number of anilines is 1. The second kappa shape index (κ2) is 4.97. The summed E-state index contributed by atoms with van der Waals surface area (Å²) in [6, 6.07) is 7.50. The van der Waals surface area contributed by atoms with E-state index in [4.69, 9.17) is 0 Å². The Kier molecular flexibility index (Phi) is 3.34. The zero-order valence-corrected chi connectivity index (χ0v) is 12.5. The third kappa shape index (κ3) is 2.72. The molecule has 1 aromatic heterocycles. The Labute approximate surface area is 123 Å². The molecule has 3 rings (SSSR count). The first-order valence-electron chi connectivity index (χ1n) is 5.75. The topological polar surface area (TPSA) is 42.0 Å². The van der Waals surface area contributed by atoms with Crippen LogP contribution in [0.25, 0.3) is 0 Å². The zero-order valence-electron chi connectivity index (χ0n) is 9.52. The minimum absolute atomic E-state index is 0.0944. The van der Waals surface area contributed by atoms with Crippen LogP contribution < -0.4 is 5.32 Å². The van der Waals surface area contributed by atoms with Gasteiger partial charge in [-0.05, 0) is 59.7 Å². The molecule has 0 spiro atoms. The van der Waals surface area contributed by atoms with E-state index in [1.165, 1.54) is 24.2 Å². The molecule has 0 unspecified atom stereocenters. The van der Waals surface area contributed by atoms with E-state index in [0.717, 1.165) is 9.26 Å². The fourth-order valence-electron chi connectivity index (χ4n) is 1.68. The molecule has 1 fully saturated rings. The van der Waals surface area contributed by atoms with Gasteiger partial charge in [0.05, 0.1) is 5.69 Å². The first kappa shape index (κ1) is 12.1. The van der Waals surface area contributed by atoms with Crippen LogP contribution >= 0.6 is 33.9 Å². The molecule has 92 valence electrons. The van der Waals surface area contributed by atoms with Crippen molar-refractivity contribution in [3.05, 3.63) is 44.5 Å². The van der Waals surface area contributed by atoms with E-state index in [2.05, 4.69) is 32.9 Å². The molecule has 1 amide bonds. The number of rotatable bonds is 3. The lowest BCUT2D eigenvalue weighted by atomic mass is 10.2. The monoisotopic (exact) mass is 370 g/mol. The molecule has 0 bridgehead atoms. The normalized spacial score (nSPS) is 14.5. The van der Waals surface area contributed by atoms with Crippen molar-refractivity contribution in [2.75, 3.05) is 5.32 Å². The summed E-state index contributed by atoms with van der Waals surface area (Å²) in [5.41, 5.74) is 1.79. The quantitative estimate of drug-likeness (QED) is 0.834. The van der Waals surface area contributed by atoms with E-state index in [1.807, 2.05) is 29.6 Å². The smallest absolute Gasteiger partial charge is 0.257 e. The molecule has 1 N–H and O–H groups in total. The predicted molar refractivity (Wildman–Crippen MR) is 81.2 cm³/mol. The Morgan fingerprint density at radius 3 is 2.72 bits per heavy atom. The molecule has 0 saturated heterocycles. The summed E-state index contributed by atoms with van der Waals surface area (Å²) in [6.07, 6.45) is 2.46. The van der Waals surface area contributed by atoms with Crippen LogP contribution in [0, 0.1) is 3.57 Å². The number of halogens is 1. The number of carbonyl (C=O) groups is 1. The zero-order chi connectivity index (χ0) is 12.5. The summed E-state index contributed by atoms with van der Waals surface area (Å²) in [4.78, 5) is 16.4. The van der Waals surface area contributed by atoms with Crippen LogP contribution in [-0.2, 0) is 0 Å². The number of carbonyl (C=O) groups excluding carboxylic acids is 1. The van der Waals surface area contributed by atoms with Gasteiger partial charge in [-0.15, -0.1) is 11.3 Å². The average molecular weight is 370 g/mol. The molecule has 5 heteroatoms. The van der Waals surface area contributed by atoms with Crippen molar-refractivity contribution in [2.45, 2.75) is 18.8 Å². The third-order valence-electron chi connectivity index (χ3n) is 2.84. The Morgan fingerprint density at radius 2 is 2.06 bits per heavy atom. The summed E-state index contributed by atoms with van der Waals surface area (Å²) < 4.78 is 1.12. The van der Waals surface area contributed by atoms with Crippen molar-refractivity contribution in [2.24, 2.45) is 0 Å². The van der Waals surface area contributed by atoms with E-state index in [1.54, 1.807) is 0 Å². The van der Waals surface area contributed by atoms with Crippen LogP contribution in [-0.4, -0.2) is 10.9 Å². The molecule has 0 radical (unpaired) electrons. The molecule has 1 aromatic carbocycles. The molecule has 0 aliphatic heterocycles. The first-order chi connectivity index (χ1) is 8.72. The van der Waals surface area contributed by atoms with E-state index in [9.17, 15) is 4.79 Å². The van der Waals surface area contributed by atoms with Crippen molar-refractivity contribution in [1.82, 2.24) is 4.98 Å². The van der Waals surface area contributed by atoms with Crippen LogP contribution in [0.1, 0.15) is 34.8 Å². The molecule has 1 aliphatic rings. The van der Waals surface area contributed by atoms with Gasteiger partial charge < -0.3 is 0 Å². The standard InChI is InChI=1S/C13H11IN2OS/c14-10-5-3-9(4-6-10)12(17)16-13-15-11(7-18-13)8-1-2-8/h3-8H,1-2H2,(H,15,16,17). The van der Waals surface area contributed by atoms with Crippen LogP contribution in [0.5, 0.6) is 0 Å². The van der Waals surface area contributed by atoms with Crippen molar-refractivity contribution in [3.8, 4) is 0 Å². The number of amides is 1. The largest absolute Gasteiger partial charge is 0.298 e. The van der Waals surface area contributed by atoms with Gasteiger partial charge in [0, 0.05) is 20.4 Å². The van der Waals surface area contributed by atoms with E-state index >= 15 is 0 Å². The number of thiazole rings is 1. The summed E-state index contributed by atoms with van der Waals surface area (Å²) >= 11 is 3.72. The Bertz CT molecular complexity index is 575. The van der Waals surface area contributed by atoms with Gasteiger partial charge in [-0.2, -0.15) is 0 Å². The molecular formula is C13H11IN2OS. The lowest BCUT2D eigenvalue weighted by Crippen LogP contribution is -2.11. The molecule has 1 heterocycles. The van der Waals surface area contributed by atoms with Crippen LogP contribution in [0.2, 0.25) is 0 Å². The maximum atomic E-state index is 12.0. The number of nitrogens with one attached hydrogen (secondary N) is 1. The third-order valence-corrected chi connectivity index (χ3v) is 4.34. The minimum Gasteiger partial charge on any atom is -0.298 e. The molecule has 1 saturated carbocycles. The maximum absolute atomic E-state index is 12.0. The van der Waals surface area contributed by atoms with Gasteiger partial charge in [-0.1, -0.05) is 0 Å².